The molecule has 42 heavy (non-hydrogen) atoms. The number of pyridine rings is 1. The normalized spacial score (nSPS) is 10.9. The number of carboxylic acids is 1. The highest BCUT2D eigenvalue weighted by molar-refractivity contribution is 6.05. The molecule has 0 amide bonds. The molecule has 0 unspecified atom stereocenters. The Labute approximate surface area is 244 Å². The third kappa shape index (κ3) is 5.86. The van der Waals surface area contributed by atoms with Crippen LogP contribution in [0.2, 0.25) is 0 Å². The second kappa shape index (κ2) is 12.4. The van der Waals surface area contributed by atoms with E-state index in [4.69, 9.17) is 14.5 Å². The van der Waals surface area contributed by atoms with E-state index < -0.39 is 5.97 Å². The van der Waals surface area contributed by atoms with Gasteiger partial charge in [0, 0.05) is 0 Å². The first kappa shape index (κ1) is 26.8. The van der Waals surface area contributed by atoms with Crippen LogP contribution in [0.3, 0.4) is 0 Å². The molecule has 1 heterocycles. The van der Waals surface area contributed by atoms with Crippen molar-refractivity contribution < 1.29 is 19.4 Å². The SMILES string of the molecule is O=C(O)c1nc2c(OCc3ccccc3)ccc(Cc3ccccc3)c2c(OCc2ccccc2)c1-c1ccccc1. The molecule has 0 saturated carbocycles. The Morgan fingerprint density at radius 3 is 1.71 bits per heavy atom. The lowest BCUT2D eigenvalue weighted by Gasteiger charge is -2.21. The number of aromatic nitrogens is 1. The summed E-state index contributed by atoms with van der Waals surface area (Å²) in [6, 6.07) is 43.2. The largest absolute Gasteiger partial charge is 0.487 e. The highest BCUT2D eigenvalue weighted by atomic mass is 16.5. The highest BCUT2D eigenvalue weighted by Crippen LogP contribution is 2.44. The van der Waals surface area contributed by atoms with Crippen molar-refractivity contribution >= 4 is 16.9 Å². The van der Waals surface area contributed by atoms with Gasteiger partial charge >= 0.3 is 5.97 Å². The lowest BCUT2D eigenvalue weighted by Crippen LogP contribution is -2.10. The van der Waals surface area contributed by atoms with Crippen LogP contribution < -0.4 is 9.47 Å². The van der Waals surface area contributed by atoms with E-state index in [1.54, 1.807) is 0 Å². The molecule has 0 saturated heterocycles. The molecule has 0 bridgehead atoms. The number of rotatable bonds is 10. The van der Waals surface area contributed by atoms with E-state index in [1.807, 2.05) is 121 Å². The summed E-state index contributed by atoms with van der Waals surface area (Å²) < 4.78 is 12.9. The fourth-order valence-corrected chi connectivity index (χ4v) is 5.09. The third-order valence-electron chi connectivity index (χ3n) is 7.11. The lowest BCUT2D eigenvalue weighted by molar-refractivity contribution is 0.0691. The Morgan fingerprint density at radius 2 is 1.14 bits per heavy atom. The van der Waals surface area contributed by atoms with Crippen LogP contribution in [0.15, 0.2) is 133 Å². The Morgan fingerprint density at radius 1 is 0.619 bits per heavy atom. The van der Waals surface area contributed by atoms with Crippen molar-refractivity contribution in [2.24, 2.45) is 0 Å². The van der Waals surface area contributed by atoms with Crippen LogP contribution in [-0.4, -0.2) is 16.1 Å². The Balaban J connectivity index is 1.60. The molecule has 6 rings (SSSR count). The van der Waals surface area contributed by atoms with Gasteiger partial charge in [0.05, 0.1) is 10.9 Å². The van der Waals surface area contributed by atoms with Crippen molar-refractivity contribution in [3.8, 4) is 22.6 Å². The van der Waals surface area contributed by atoms with Gasteiger partial charge in [-0.3, -0.25) is 0 Å². The van der Waals surface area contributed by atoms with Crippen LogP contribution in [0.25, 0.3) is 22.0 Å². The van der Waals surface area contributed by atoms with Crippen LogP contribution in [0.1, 0.15) is 32.7 Å². The number of nitrogens with zero attached hydrogens (tertiary/aromatic N) is 1. The van der Waals surface area contributed by atoms with E-state index >= 15 is 0 Å². The van der Waals surface area contributed by atoms with Crippen molar-refractivity contribution in [3.05, 3.63) is 161 Å². The van der Waals surface area contributed by atoms with Crippen LogP contribution in [0, 0.1) is 0 Å². The zero-order chi connectivity index (χ0) is 28.7. The summed E-state index contributed by atoms with van der Waals surface area (Å²) in [5.41, 5.74) is 5.59. The molecule has 206 valence electrons. The van der Waals surface area contributed by atoms with Crippen LogP contribution in [0.5, 0.6) is 11.5 Å². The summed E-state index contributed by atoms with van der Waals surface area (Å²) in [6.45, 7) is 0.581. The zero-order valence-electron chi connectivity index (χ0n) is 22.9. The molecule has 0 aliphatic rings. The van der Waals surface area contributed by atoms with Crippen molar-refractivity contribution in [1.29, 1.82) is 0 Å². The summed E-state index contributed by atoms with van der Waals surface area (Å²) in [5.74, 6) is -0.163. The van der Waals surface area contributed by atoms with Crippen LogP contribution >= 0.6 is 0 Å². The lowest BCUT2D eigenvalue weighted by atomic mass is 9.94. The quantitative estimate of drug-likeness (QED) is 0.185. The number of hydrogen-bond acceptors (Lipinski definition) is 4. The molecule has 6 aromatic rings. The predicted octanol–water partition coefficient (Wildman–Crippen LogP) is 8.35. The predicted molar refractivity (Wildman–Crippen MR) is 165 cm³/mol. The number of aromatic carboxylic acids is 1. The van der Waals surface area contributed by atoms with Crippen molar-refractivity contribution in [2.45, 2.75) is 19.6 Å². The van der Waals surface area contributed by atoms with Crippen molar-refractivity contribution in [3.63, 3.8) is 0 Å². The van der Waals surface area contributed by atoms with E-state index in [9.17, 15) is 9.90 Å². The minimum atomic E-state index is -1.14. The van der Waals surface area contributed by atoms with E-state index in [2.05, 4.69) is 12.1 Å². The van der Waals surface area contributed by atoms with Crippen molar-refractivity contribution in [1.82, 2.24) is 4.98 Å². The topological polar surface area (TPSA) is 68.7 Å². The van der Waals surface area contributed by atoms with E-state index in [0.29, 0.717) is 41.2 Å². The summed E-state index contributed by atoms with van der Waals surface area (Å²) >= 11 is 0. The Kier molecular flexibility index (Phi) is 7.91. The fraction of sp³-hybridized carbons (Fsp3) is 0.0811. The highest BCUT2D eigenvalue weighted by Gasteiger charge is 2.26. The molecule has 0 spiro atoms. The molecule has 0 aliphatic carbocycles. The van der Waals surface area contributed by atoms with Gasteiger partial charge < -0.3 is 14.6 Å². The second-order valence-corrected chi connectivity index (χ2v) is 9.99. The van der Waals surface area contributed by atoms with E-state index in [0.717, 1.165) is 27.6 Å². The van der Waals surface area contributed by atoms with Crippen molar-refractivity contribution in [2.75, 3.05) is 0 Å². The van der Waals surface area contributed by atoms with Gasteiger partial charge in [-0.05, 0) is 40.3 Å². The zero-order valence-corrected chi connectivity index (χ0v) is 22.9. The van der Waals surface area contributed by atoms with Gasteiger partial charge in [-0.15, -0.1) is 0 Å². The van der Waals surface area contributed by atoms with Gasteiger partial charge in [0.15, 0.2) is 5.69 Å². The van der Waals surface area contributed by atoms with Gasteiger partial charge in [0.1, 0.15) is 30.2 Å². The number of carbonyl (C=O) groups is 1. The molecular formula is C37H29NO4. The summed E-state index contributed by atoms with van der Waals surface area (Å²) in [5, 5.41) is 11.2. The molecule has 5 nitrogen and oxygen atoms in total. The first-order chi connectivity index (χ1) is 20.7. The molecule has 5 aromatic carbocycles. The smallest absolute Gasteiger partial charge is 0.355 e. The average Bonchev–Trinajstić information content (AvgIpc) is 3.04. The number of hydrogen-bond donors (Lipinski definition) is 1. The fourth-order valence-electron chi connectivity index (χ4n) is 5.09. The first-order valence-electron chi connectivity index (χ1n) is 13.8. The average molecular weight is 552 g/mol. The Hall–Kier alpha value is -5.42. The molecule has 1 N–H and O–H groups in total. The van der Waals surface area contributed by atoms with Gasteiger partial charge in [0.2, 0.25) is 0 Å². The minimum Gasteiger partial charge on any atom is -0.487 e. The maximum atomic E-state index is 12.8. The van der Waals surface area contributed by atoms with Gasteiger partial charge in [-0.2, -0.15) is 0 Å². The van der Waals surface area contributed by atoms with E-state index in [1.165, 1.54) is 0 Å². The number of fused-ring (bicyclic) bond motifs is 1. The summed E-state index contributed by atoms with van der Waals surface area (Å²) in [4.78, 5) is 17.5. The molecule has 0 fully saturated rings. The maximum absolute atomic E-state index is 12.8. The second-order valence-electron chi connectivity index (χ2n) is 9.99. The van der Waals surface area contributed by atoms with Gasteiger partial charge in [-0.25, -0.2) is 9.78 Å². The molecule has 1 aromatic heterocycles. The van der Waals surface area contributed by atoms with Gasteiger partial charge in [-0.1, -0.05) is 127 Å². The first-order valence-corrected chi connectivity index (χ1v) is 13.8. The molecule has 0 atom stereocenters. The summed E-state index contributed by atoms with van der Waals surface area (Å²) in [6.07, 6.45) is 0.611. The van der Waals surface area contributed by atoms with E-state index in [-0.39, 0.29) is 12.3 Å². The Bertz CT molecular complexity index is 1810. The molecule has 0 aliphatic heterocycles. The number of benzene rings is 5. The van der Waals surface area contributed by atoms with Gasteiger partial charge in [0.25, 0.3) is 0 Å². The maximum Gasteiger partial charge on any atom is 0.355 e. The molecular weight excluding hydrogens is 522 g/mol. The summed E-state index contributed by atoms with van der Waals surface area (Å²) in [7, 11) is 0. The number of ether oxygens (including phenoxy) is 2. The molecule has 5 heteroatoms. The standard InChI is InChI=1S/C37H29NO4/c39-37(40)35-32(29-19-11-4-12-20-29)36(42-25-28-17-9-3-10-18-28)33-30(23-26-13-5-1-6-14-26)21-22-31(34(33)38-35)41-24-27-15-7-2-8-16-27/h1-22H,23-25H2,(H,39,40). The minimum absolute atomic E-state index is 0.0850. The third-order valence-corrected chi connectivity index (χ3v) is 7.11. The molecule has 0 radical (unpaired) electrons. The van der Waals surface area contributed by atoms with Crippen LogP contribution in [0.4, 0.5) is 0 Å². The number of carboxylic acid groups (broad SMARTS) is 1. The monoisotopic (exact) mass is 551 g/mol. The van der Waals surface area contributed by atoms with Crippen LogP contribution in [-0.2, 0) is 19.6 Å².